The molecule has 2 aromatic heterocycles. The molecule has 0 aromatic carbocycles. The van der Waals surface area contributed by atoms with Crippen molar-refractivity contribution in [2.45, 2.75) is 12.5 Å². The van der Waals surface area contributed by atoms with Gasteiger partial charge in [0.25, 0.3) is 0 Å². The molecule has 0 amide bonds. The summed E-state index contributed by atoms with van der Waals surface area (Å²) in [5, 5.41) is 12.4. The van der Waals surface area contributed by atoms with Gasteiger partial charge in [0.05, 0.1) is 12.3 Å². The molecule has 0 bridgehead atoms. The predicted octanol–water partition coefficient (Wildman–Crippen LogP) is 1.84. The molecule has 0 fully saturated rings. The normalized spacial score (nSPS) is 12.3. The zero-order valence-corrected chi connectivity index (χ0v) is 10.3. The van der Waals surface area contributed by atoms with Crippen molar-refractivity contribution >= 4 is 23.4 Å². The number of hydrogen-bond acceptors (Lipinski definition) is 6. The summed E-state index contributed by atoms with van der Waals surface area (Å²) in [6, 6.07) is 4.96. The average molecular weight is 269 g/mol. The van der Waals surface area contributed by atoms with Crippen LogP contribution in [0.1, 0.15) is 18.2 Å². The number of aromatic nitrogens is 2. The van der Waals surface area contributed by atoms with Crippen molar-refractivity contribution in [3.63, 3.8) is 0 Å². The minimum atomic E-state index is -0.199. The molecule has 2 aromatic rings. The molecule has 0 aliphatic rings. The molecule has 96 valence electrons. The summed E-state index contributed by atoms with van der Waals surface area (Å²) in [6.45, 7) is 0.0205. The number of nitrogens with two attached hydrogens (primary N) is 1. The number of nitrogens with zero attached hydrogens (tertiary/aromatic N) is 2. The van der Waals surface area contributed by atoms with Crippen LogP contribution in [-0.2, 0) is 0 Å². The highest BCUT2D eigenvalue weighted by molar-refractivity contribution is 6.29. The molecule has 0 saturated carbocycles. The van der Waals surface area contributed by atoms with Crippen LogP contribution in [0, 0.1) is 0 Å². The van der Waals surface area contributed by atoms with Crippen LogP contribution in [0.15, 0.2) is 28.9 Å². The van der Waals surface area contributed by atoms with Crippen molar-refractivity contribution in [3.05, 3.63) is 35.4 Å². The molecular weight excluding hydrogens is 256 g/mol. The number of hydrogen-bond donors (Lipinski definition) is 3. The molecular formula is C11H13ClN4O2. The highest BCUT2D eigenvalue weighted by atomic mass is 35.5. The van der Waals surface area contributed by atoms with Crippen LogP contribution in [0.4, 0.5) is 11.8 Å². The van der Waals surface area contributed by atoms with Gasteiger partial charge in [-0.25, -0.2) is 4.98 Å². The molecule has 2 heterocycles. The quantitative estimate of drug-likeness (QED) is 0.716. The van der Waals surface area contributed by atoms with E-state index in [4.69, 9.17) is 26.9 Å². The van der Waals surface area contributed by atoms with Crippen LogP contribution in [0.3, 0.4) is 0 Å². The Morgan fingerprint density at radius 1 is 1.50 bits per heavy atom. The fourth-order valence-electron chi connectivity index (χ4n) is 1.59. The molecule has 0 aliphatic heterocycles. The van der Waals surface area contributed by atoms with Crippen molar-refractivity contribution in [2.24, 2.45) is 0 Å². The van der Waals surface area contributed by atoms with Crippen molar-refractivity contribution < 1.29 is 9.52 Å². The number of furan rings is 1. The lowest BCUT2D eigenvalue weighted by molar-refractivity contribution is 0.273. The third kappa shape index (κ3) is 3.12. The molecule has 0 spiro atoms. The number of nitrogen functional groups attached to an aromatic ring is 1. The third-order valence-corrected chi connectivity index (χ3v) is 2.53. The number of anilines is 2. The van der Waals surface area contributed by atoms with Crippen molar-refractivity contribution in [3.8, 4) is 0 Å². The van der Waals surface area contributed by atoms with Gasteiger partial charge in [-0.1, -0.05) is 11.6 Å². The highest BCUT2D eigenvalue weighted by Gasteiger charge is 2.14. The van der Waals surface area contributed by atoms with Crippen LogP contribution in [0.25, 0.3) is 0 Å². The Morgan fingerprint density at radius 3 is 2.94 bits per heavy atom. The molecule has 1 unspecified atom stereocenters. The monoisotopic (exact) mass is 268 g/mol. The van der Waals surface area contributed by atoms with E-state index in [9.17, 15) is 0 Å². The first-order valence-electron chi connectivity index (χ1n) is 5.40. The van der Waals surface area contributed by atoms with Gasteiger partial charge < -0.3 is 20.6 Å². The van der Waals surface area contributed by atoms with Crippen LogP contribution in [0.5, 0.6) is 0 Å². The first-order valence-corrected chi connectivity index (χ1v) is 5.77. The minimum Gasteiger partial charge on any atom is -0.467 e. The fourth-order valence-corrected chi connectivity index (χ4v) is 1.78. The summed E-state index contributed by atoms with van der Waals surface area (Å²) >= 11 is 5.79. The van der Waals surface area contributed by atoms with Gasteiger partial charge in [-0.15, -0.1) is 0 Å². The van der Waals surface area contributed by atoms with E-state index in [2.05, 4.69) is 15.3 Å². The number of aliphatic hydroxyl groups is 1. The summed E-state index contributed by atoms with van der Waals surface area (Å²) in [7, 11) is 0. The van der Waals surface area contributed by atoms with Gasteiger partial charge in [-0.2, -0.15) is 4.98 Å². The molecule has 2 rings (SSSR count). The summed E-state index contributed by atoms with van der Waals surface area (Å²) in [6.07, 6.45) is 2.05. The Kier molecular flexibility index (Phi) is 4.01. The van der Waals surface area contributed by atoms with E-state index >= 15 is 0 Å². The summed E-state index contributed by atoms with van der Waals surface area (Å²) in [5.41, 5.74) is 5.51. The molecule has 0 saturated heterocycles. The number of nitrogens with one attached hydrogen (secondary N) is 1. The number of rotatable bonds is 5. The molecule has 0 radical (unpaired) electrons. The Morgan fingerprint density at radius 2 is 2.33 bits per heavy atom. The van der Waals surface area contributed by atoms with Gasteiger partial charge in [0.2, 0.25) is 5.95 Å². The maximum absolute atomic E-state index is 9.06. The van der Waals surface area contributed by atoms with Gasteiger partial charge in [0, 0.05) is 12.7 Å². The van der Waals surface area contributed by atoms with E-state index in [-0.39, 0.29) is 23.8 Å². The van der Waals surface area contributed by atoms with Crippen LogP contribution in [0.2, 0.25) is 5.15 Å². The molecule has 0 aliphatic carbocycles. The van der Waals surface area contributed by atoms with Crippen molar-refractivity contribution in [2.75, 3.05) is 17.7 Å². The van der Waals surface area contributed by atoms with Gasteiger partial charge in [-0.05, 0) is 18.6 Å². The van der Waals surface area contributed by atoms with Crippen LogP contribution >= 0.6 is 11.6 Å². The lowest BCUT2D eigenvalue weighted by Gasteiger charge is -2.16. The lowest BCUT2D eigenvalue weighted by atomic mass is 10.1. The minimum absolute atomic E-state index is 0.0205. The van der Waals surface area contributed by atoms with Crippen LogP contribution in [-0.4, -0.2) is 21.7 Å². The Balaban J connectivity index is 2.18. The smallest absolute Gasteiger partial charge is 0.223 e. The van der Waals surface area contributed by atoms with Gasteiger partial charge in [0.15, 0.2) is 0 Å². The zero-order chi connectivity index (χ0) is 13.0. The first-order chi connectivity index (χ1) is 8.69. The lowest BCUT2D eigenvalue weighted by Crippen LogP contribution is -2.13. The van der Waals surface area contributed by atoms with E-state index < -0.39 is 0 Å². The van der Waals surface area contributed by atoms with Crippen LogP contribution < -0.4 is 11.1 Å². The maximum Gasteiger partial charge on any atom is 0.223 e. The second-order valence-corrected chi connectivity index (χ2v) is 4.05. The Bertz CT molecular complexity index is 483. The van der Waals surface area contributed by atoms with Gasteiger partial charge in [-0.3, -0.25) is 0 Å². The largest absolute Gasteiger partial charge is 0.467 e. The highest BCUT2D eigenvalue weighted by Crippen LogP contribution is 2.23. The fraction of sp³-hybridized carbons (Fsp3) is 0.273. The molecule has 7 heteroatoms. The second-order valence-electron chi connectivity index (χ2n) is 3.66. The number of aliphatic hydroxyl groups excluding tert-OH is 1. The Labute approximate surface area is 109 Å². The second kappa shape index (κ2) is 5.70. The summed E-state index contributed by atoms with van der Waals surface area (Å²) < 4.78 is 5.30. The van der Waals surface area contributed by atoms with Crippen molar-refractivity contribution in [1.82, 2.24) is 9.97 Å². The topological polar surface area (TPSA) is 97.2 Å². The molecule has 6 nitrogen and oxygen atoms in total. The average Bonchev–Trinajstić information content (AvgIpc) is 2.80. The Hall–Kier alpha value is -1.79. The van der Waals surface area contributed by atoms with E-state index in [1.807, 2.05) is 6.07 Å². The SMILES string of the molecule is Nc1nc(Cl)cc(NC(CCO)c2ccco2)n1. The van der Waals surface area contributed by atoms with E-state index in [1.165, 1.54) is 0 Å². The standard InChI is InChI=1S/C11H13ClN4O2/c12-9-6-10(16-11(13)15-9)14-7(3-4-17)8-2-1-5-18-8/h1-2,5-7,17H,3-4H2,(H3,13,14,15,16). The van der Waals surface area contributed by atoms with E-state index in [0.29, 0.717) is 18.0 Å². The molecule has 4 N–H and O–H groups in total. The van der Waals surface area contributed by atoms with E-state index in [0.717, 1.165) is 0 Å². The maximum atomic E-state index is 9.06. The number of halogens is 1. The third-order valence-electron chi connectivity index (χ3n) is 2.34. The molecule has 18 heavy (non-hydrogen) atoms. The van der Waals surface area contributed by atoms with Gasteiger partial charge >= 0.3 is 0 Å². The summed E-state index contributed by atoms with van der Waals surface area (Å²) in [4.78, 5) is 7.78. The van der Waals surface area contributed by atoms with Crippen molar-refractivity contribution in [1.29, 1.82) is 0 Å². The predicted molar refractivity (Wildman–Crippen MR) is 68.2 cm³/mol. The zero-order valence-electron chi connectivity index (χ0n) is 9.51. The summed E-state index contributed by atoms with van der Waals surface area (Å²) in [5.74, 6) is 1.28. The van der Waals surface area contributed by atoms with Gasteiger partial charge in [0.1, 0.15) is 16.7 Å². The molecule has 1 atom stereocenters. The van der Waals surface area contributed by atoms with E-state index in [1.54, 1.807) is 18.4 Å². The first kappa shape index (κ1) is 12.7.